The van der Waals surface area contributed by atoms with Gasteiger partial charge in [0, 0.05) is 6.21 Å². The van der Waals surface area contributed by atoms with Gasteiger partial charge in [0.2, 0.25) is 0 Å². The Bertz CT molecular complexity index is 715. The third-order valence-electron chi connectivity index (χ3n) is 6.61. The largest absolute Gasteiger partial charge is 0.494 e. The van der Waals surface area contributed by atoms with Gasteiger partial charge in [-0.1, -0.05) is 104 Å². The molecule has 2 aromatic rings. The third-order valence-corrected chi connectivity index (χ3v) is 6.61. The van der Waals surface area contributed by atoms with E-state index in [-0.39, 0.29) is 0 Å². The lowest BCUT2D eigenvalue weighted by molar-refractivity contribution is 0.304. The molecule has 0 aliphatic heterocycles. The maximum absolute atomic E-state index is 5.90. The van der Waals surface area contributed by atoms with Crippen LogP contribution in [-0.2, 0) is 0 Å². The number of rotatable bonds is 22. The van der Waals surface area contributed by atoms with Crippen molar-refractivity contribution in [3.63, 3.8) is 0 Å². The Morgan fingerprint density at radius 1 is 0.500 bits per heavy atom. The zero-order valence-corrected chi connectivity index (χ0v) is 23.2. The average Bonchev–Trinajstić information content (AvgIpc) is 2.91. The number of hydrogen-bond donors (Lipinski definition) is 0. The van der Waals surface area contributed by atoms with Gasteiger partial charge in [-0.2, -0.15) is 0 Å². The summed E-state index contributed by atoms with van der Waals surface area (Å²) >= 11 is 0. The minimum atomic E-state index is 0.797. The van der Waals surface area contributed by atoms with E-state index in [1.54, 1.807) is 0 Å². The number of hydrogen-bond acceptors (Lipinski definition) is 3. The van der Waals surface area contributed by atoms with Crippen LogP contribution in [0.25, 0.3) is 0 Å². The molecule has 0 N–H and O–H groups in total. The minimum Gasteiger partial charge on any atom is -0.494 e. The second kappa shape index (κ2) is 20.9. The Balaban J connectivity index is 1.56. The van der Waals surface area contributed by atoms with E-state index in [0.717, 1.165) is 48.8 Å². The fraction of sp³-hybridized carbons (Fsp3) is 0.606. The van der Waals surface area contributed by atoms with Crippen molar-refractivity contribution < 1.29 is 9.47 Å². The minimum absolute atomic E-state index is 0.797. The Kier molecular flexibility index (Phi) is 17.3. The monoisotopic (exact) mass is 493 g/mol. The molecule has 0 aliphatic rings. The summed E-state index contributed by atoms with van der Waals surface area (Å²) < 4.78 is 11.8. The van der Waals surface area contributed by atoms with E-state index < -0.39 is 0 Å². The molecule has 200 valence electrons. The fourth-order valence-electron chi connectivity index (χ4n) is 4.28. The van der Waals surface area contributed by atoms with Gasteiger partial charge in [-0.05, 0) is 66.9 Å². The molecule has 0 aromatic heterocycles. The van der Waals surface area contributed by atoms with Crippen LogP contribution in [0.4, 0.5) is 5.69 Å². The predicted octanol–water partition coefficient (Wildman–Crippen LogP) is 10.5. The number of ether oxygens (including phenoxy) is 2. The average molecular weight is 494 g/mol. The first kappa shape index (κ1) is 29.9. The summed E-state index contributed by atoms with van der Waals surface area (Å²) in [5.74, 6) is 1.86. The molecule has 0 saturated heterocycles. The second-order valence-corrected chi connectivity index (χ2v) is 9.97. The van der Waals surface area contributed by atoms with Crippen LogP contribution < -0.4 is 9.47 Å². The number of nitrogens with zero attached hydrogens (tertiary/aromatic N) is 1. The van der Waals surface area contributed by atoms with Crippen molar-refractivity contribution in [3.05, 3.63) is 54.1 Å². The van der Waals surface area contributed by atoms with Gasteiger partial charge >= 0.3 is 0 Å². The first-order chi connectivity index (χ1) is 17.8. The van der Waals surface area contributed by atoms with Crippen LogP contribution in [0, 0.1) is 0 Å². The highest BCUT2D eigenvalue weighted by molar-refractivity contribution is 5.82. The van der Waals surface area contributed by atoms with Gasteiger partial charge in [0.15, 0.2) is 0 Å². The van der Waals surface area contributed by atoms with Crippen molar-refractivity contribution in [1.29, 1.82) is 0 Å². The molecule has 0 fully saturated rings. The number of benzene rings is 2. The smallest absolute Gasteiger partial charge is 0.119 e. The molecule has 0 amide bonds. The SMILES string of the molecule is CCCCCCCCCCOc1ccc(C=Nc2ccc(OCCCCCCCCCC)cc2)cc1. The highest BCUT2D eigenvalue weighted by Gasteiger charge is 1.98. The molecule has 3 nitrogen and oxygen atoms in total. The molecule has 0 unspecified atom stereocenters. The van der Waals surface area contributed by atoms with Crippen molar-refractivity contribution in [2.75, 3.05) is 13.2 Å². The van der Waals surface area contributed by atoms with Crippen LogP contribution in [-0.4, -0.2) is 19.4 Å². The standard InChI is InChI=1S/C33H51NO2/c1-3-5-7-9-11-13-15-17-27-35-32-23-19-30(20-24-32)29-34-31-21-25-33(26-22-31)36-28-18-16-14-12-10-8-6-4-2/h19-26,29H,3-18,27-28H2,1-2H3. The zero-order valence-electron chi connectivity index (χ0n) is 23.2. The first-order valence-corrected chi connectivity index (χ1v) is 14.8. The van der Waals surface area contributed by atoms with Gasteiger partial charge < -0.3 is 9.47 Å². The summed E-state index contributed by atoms with van der Waals surface area (Å²) in [6, 6.07) is 16.3. The maximum atomic E-state index is 5.90. The van der Waals surface area contributed by atoms with Crippen molar-refractivity contribution in [1.82, 2.24) is 0 Å². The van der Waals surface area contributed by atoms with Crippen LogP contribution >= 0.6 is 0 Å². The van der Waals surface area contributed by atoms with E-state index in [4.69, 9.17) is 9.47 Å². The van der Waals surface area contributed by atoms with E-state index in [1.807, 2.05) is 42.6 Å². The van der Waals surface area contributed by atoms with Gasteiger partial charge in [0.25, 0.3) is 0 Å². The summed E-state index contributed by atoms with van der Waals surface area (Å²) in [6.45, 7) is 6.13. The summed E-state index contributed by atoms with van der Waals surface area (Å²) in [5, 5.41) is 0. The lowest BCUT2D eigenvalue weighted by Gasteiger charge is -2.07. The van der Waals surface area contributed by atoms with Gasteiger partial charge in [0.05, 0.1) is 18.9 Å². The Labute approximate surface area is 221 Å². The van der Waals surface area contributed by atoms with Crippen molar-refractivity contribution >= 4 is 11.9 Å². The number of unbranched alkanes of at least 4 members (excludes halogenated alkanes) is 14. The van der Waals surface area contributed by atoms with E-state index in [9.17, 15) is 0 Å². The molecule has 0 aliphatic carbocycles. The second-order valence-electron chi connectivity index (χ2n) is 9.97. The van der Waals surface area contributed by atoms with E-state index in [1.165, 1.54) is 89.9 Å². The summed E-state index contributed by atoms with van der Waals surface area (Å²) in [4.78, 5) is 4.60. The van der Waals surface area contributed by atoms with Crippen LogP contribution in [0.1, 0.15) is 122 Å². The van der Waals surface area contributed by atoms with Crippen LogP contribution in [0.3, 0.4) is 0 Å². The summed E-state index contributed by atoms with van der Waals surface area (Å²) in [6.07, 6.45) is 23.0. The molecular formula is C33H51NO2. The summed E-state index contributed by atoms with van der Waals surface area (Å²) in [7, 11) is 0. The molecule has 2 rings (SSSR count). The molecular weight excluding hydrogens is 442 g/mol. The Morgan fingerprint density at radius 3 is 1.33 bits per heavy atom. The van der Waals surface area contributed by atoms with E-state index >= 15 is 0 Å². The van der Waals surface area contributed by atoms with Crippen LogP contribution in [0.2, 0.25) is 0 Å². The molecule has 0 heterocycles. The van der Waals surface area contributed by atoms with Gasteiger partial charge in [-0.25, -0.2) is 0 Å². The fourth-order valence-corrected chi connectivity index (χ4v) is 4.28. The lowest BCUT2D eigenvalue weighted by atomic mass is 10.1. The molecule has 3 heteroatoms. The molecule has 0 spiro atoms. The molecule has 0 saturated carbocycles. The topological polar surface area (TPSA) is 30.8 Å². The zero-order chi connectivity index (χ0) is 25.5. The van der Waals surface area contributed by atoms with E-state index in [0.29, 0.717) is 0 Å². The van der Waals surface area contributed by atoms with Crippen molar-refractivity contribution in [3.8, 4) is 11.5 Å². The van der Waals surface area contributed by atoms with Crippen molar-refractivity contribution in [2.45, 2.75) is 117 Å². The third kappa shape index (κ3) is 15.0. The summed E-state index contributed by atoms with van der Waals surface area (Å²) in [5.41, 5.74) is 2.01. The normalized spacial score (nSPS) is 11.3. The quantitative estimate of drug-likeness (QED) is 0.121. The lowest BCUT2D eigenvalue weighted by Crippen LogP contribution is -1.97. The van der Waals surface area contributed by atoms with Gasteiger partial charge in [-0.3, -0.25) is 4.99 Å². The first-order valence-electron chi connectivity index (χ1n) is 14.8. The van der Waals surface area contributed by atoms with E-state index in [2.05, 4.69) is 31.0 Å². The molecule has 0 bridgehead atoms. The maximum Gasteiger partial charge on any atom is 0.119 e. The van der Waals surface area contributed by atoms with Crippen LogP contribution in [0.15, 0.2) is 53.5 Å². The van der Waals surface area contributed by atoms with Gasteiger partial charge in [-0.15, -0.1) is 0 Å². The Morgan fingerprint density at radius 2 is 0.889 bits per heavy atom. The van der Waals surface area contributed by atoms with Crippen molar-refractivity contribution in [2.24, 2.45) is 4.99 Å². The highest BCUT2D eigenvalue weighted by atomic mass is 16.5. The molecule has 0 atom stereocenters. The highest BCUT2D eigenvalue weighted by Crippen LogP contribution is 2.19. The molecule has 0 radical (unpaired) electrons. The number of aliphatic imine (C=N–C) groups is 1. The van der Waals surface area contributed by atoms with Crippen LogP contribution in [0.5, 0.6) is 11.5 Å². The molecule has 2 aromatic carbocycles. The Hall–Kier alpha value is -2.29. The van der Waals surface area contributed by atoms with Gasteiger partial charge in [0.1, 0.15) is 11.5 Å². The molecule has 36 heavy (non-hydrogen) atoms. The predicted molar refractivity (Wildman–Crippen MR) is 156 cm³/mol.